The molecule has 0 nitrogen and oxygen atoms in total. The fourth-order valence-corrected chi connectivity index (χ4v) is 3.64. The fourth-order valence-electron chi connectivity index (χ4n) is 3.11. The first-order valence-corrected chi connectivity index (χ1v) is 6.51. The lowest BCUT2D eigenvalue weighted by Gasteiger charge is -2.31. The van der Waals surface area contributed by atoms with Crippen LogP contribution in [0.1, 0.15) is 38.8 Å². The van der Waals surface area contributed by atoms with E-state index in [9.17, 15) is 0 Å². The van der Waals surface area contributed by atoms with Crippen molar-refractivity contribution in [1.29, 1.82) is 0 Å². The number of fused-ring (bicyclic) bond motifs is 1. The minimum atomic E-state index is 0.327. The van der Waals surface area contributed by atoms with Gasteiger partial charge in [-0.05, 0) is 40.9 Å². The second-order valence-electron chi connectivity index (χ2n) is 5.54. The van der Waals surface area contributed by atoms with E-state index in [0.717, 1.165) is 11.8 Å². The van der Waals surface area contributed by atoms with Gasteiger partial charge in [-0.15, -0.1) is 0 Å². The summed E-state index contributed by atoms with van der Waals surface area (Å²) in [7, 11) is 0. The molecule has 0 unspecified atom stereocenters. The molecule has 0 aliphatic heterocycles. The molecule has 1 aliphatic carbocycles. The number of halogens is 1. The maximum absolute atomic E-state index is 3.68. The lowest BCUT2D eigenvalue weighted by Crippen LogP contribution is -2.28. The van der Waals surface area contributed by atoms with Crippen LogP contribution in [0.15, 0.2) is 22.7 Å². The highest BCUT2D eigenvalue weighted by atomic mass is 79.9. The van der Waals surface area contributed by atoms with Crippen LogP contribution in [-0.2, 0) is 11.8 Å². The molecule has 2 rings (SSSR count). The van der Waals surface area contributed by atoms with E-state index in [2.05, 4.69) is 61.8 Å². The monoisotopic (exact) mass is 266 g/mol. The second-order valence-corrected chi connectivity index (χ2v) is 6.40. The van der Waals surface area contributed by atoms with E-state index in [4.69, 9.17) is 0 Å². The zero-order valence-electron chi connectivity index (χ0n) is 9.97. The largest absolute Gasteiger partial charge is 0.0625 e. The summed E-state index contributed by atoms with van der Waals surface area (Å²) in [5.41, 5.74) is 3.39. The highest BCUT2D eigenvalue weighted by Gasteiger charge is 2.41. The van der Waals surface area contributed by atoms with E-state index < -0.39 is 0 Å². The van der Waals surface area contributed by atoms with Gasteiger partial charge in [-0.1, -0.05) is 55.8 Å². The summed E-state index contributed by atoms with van der Waals surface area (Å²) in [4.78, 5) is 0. The van der Waals surface area contributed by atoms with Crippen molar-refractivity contribution >= 4 is 15.9 Å². The van der Waals surface area contributed by atoms with Gasteiger partial charge in [0.05, 0.1) is 0 Å². The van der Waals surface area contributed by atoms with Crippen LogP contribution in [-0.4, -0.2) is 0 Å². The SMILES string of the molecule is CC(C)[C@@H]1Cc2c(Br)cccc2C1(C)C. The molecule has 1 atom stereocenters. The summed E-state index contributed by atoms with van der Waals surface area (Å²) >= 11 is 3.68. The minimum absolute atomic E-state index is 0.327. The Labute approximate surface area is 101 Å². The molecule has 15 heavy (non-hydrogen) atoms. The molecular weight excluding hydrogens is 248 g/mol. The first-order valence-electron chi connectivity index (χ1n) is 5.72. The van der Waals surface area contributed by atoms with Gasteiger partial charge in [0.2, 0.25) is 0 Å². The van der Waals surface area contributed by atoms with Gasteiger partial charge in [0.1, 0.15) is 0 Å². The summed E-state index contributed by atoms with van der Waals surface area (Å²) in [5, 5.41) is 0. The lowest BCUT2D eigenvalue weighted by atomic mass is 9.73. The molecule has 1 heteroatoms. The highest BCUT2D eigenvalue weighted by molar-refractivity contribution is 9.10. The van der Waals surface area contributed by atoms with Crippen LogP contribution in [0.3, 0.4) is 0 Å². The molecule has 0 saturated carbocycles. The molecule has 0 heterocycles. The Bertz CT molecular complexity index is 377. The standard InChI is InChI=1S/C14H19Br/c1-9(2)12-8-10-11(14(12,3)4)6-5-7-13(10)15/h5-7,9,12H,8H2,1-4H3/t12-/m0/s1. The van der Waals surface area contributed by atoms with Crippen LogP contribution >= 0.6 is 15.9 Å². The first kappa shape index (κ1) is 11.2. The van der Waals surface area contributed by atoms with Crippen LogP contribution < -0.4 is 0 Å². The van der Waals surface area contributed by atoms with Crippen molar-refractivity contribution in [2.45, 2.75) is 39.5 Å². The smallest absolute Gasteiger partial charge is 0.0210 e. The number of hydrogen-bond donors (Lipinski definition) is 0. The molecule has 1 aromatic carbocycles. The van der Waals surface area contributed by atoms with E-state index in [0.29, 0.717) is 5.41 Å². The Balaban J connectivity index is 2.52. The van der Waals surface area contributed by atoms with Crippen molar-refractivity contribution in [3.63, 3.8) is 0 Å². The molecule has 0 bridgehead atoms. The predicted octanol–water partition coefficient (Wildman–Crippen LogP) is 4.56. The molecule has 0 amide bonds. The van der Waals surface area contributed by atoms with Gasteiger partial charge in [0.15, 0.2) is 0 Å². The van der Waals surface area contributed by atoms with Crippen molar-refractivity contribution in [2.24, 2.45) is 11.8 Å². The number of hydrogen-bond acceptors (Lipinski definition) is 0. The maximum atomic E-state index is 3.68. The first-order chi connectivity index (χ1) is 6.94. The Morgan fingerprint density at radius 1 is 1.33 bits per heavy atom. The van der Waals surface area contributed by atoms with Gasteiger partial charge in [-0.3, -0.25) is 0 Å². The highest BCUT2D eigenvalue weighted by Crippen LogP contribution is 2.48. The molecule has 1 aliphatic rings. The van der Waals surface area contributed by atoms with E-state index in [1.165, 1.54) is 22.0 Å². The van der Waals surface area contributed by atoms with Gasteiger partial charge in [-0.25, -0.2) is 0 Å². The summed E-state index contributed by atoms with van der Waals surface area (Å²) in [6.45, 7) is 9.45. The van der Waals surface area contributed by atoms with Crippen LogP contribution in [0.25, 0.3) is 0 Å². The molecular formula is C14H19Br. The Kier molecular flexibility index (Phi) is 2.70. The molecule has 82 valence electrons. The minimum Gasteiger partial charge on any atom is -0.0625 e. The third-order valence-corrected chi connectivity index (χ3v) is 4.71. The van der Waals surface area contributed by atoms with Crippen molar-refractivity contribution < 1.29 is 0 Å². The van der Waals surface area contributed by atoms with Crippen molar-refractivity contribution in [1.82, 2.24) is 0 Å². The van der Waals surface area contributed by atoms with Crippen LogP contribution in [0, 0.1) is 11.8 Å². The average Bonchev–Trinajstić information content (AvgIpc) is 2.40. The molecule has 0 spiro atoms. The third-order valence-electron chi connectivity index (χ3n) is 3.97. The van der Waals surface area contributed by atoms with Crippen molar-refractivity contribution in [3.05, 3.63) is 33.8 Å². The summed E-state index contributed by atoms with van der Waals surface area (Å²) in [6.07, 6.45) is 1.22. The summed E-state index contributed by atoms with van der Waals surface area (Å²) in [6, 6.07) is 6.62. The fraction of sp³-hybridized carbons (Fsp3) is 0.571. The predicted molar refractivity (Wildman–Crippen MR) is 69.2 cm³/mol. The van der Waals surface area contributed by atoms with Gasteiger partial charge in [0.25, 0.3) is 0 Å². The summed E-state index contributed by atoms with van der Waals surface area (Å²) in [5.74, 6) is 1.52. The van der Waals surface area contributed by atoms with Crippen LogP contribution in [0.4, 0.5) is 0 Å². The van der Waals surface area contributed by atoms with Crippen molar-refractivity contribution in [2.75, 3.05) is 0 Å². The molecule has 0 N–H and O–H groups in total. The zero-order valence-corrected chi connectivity index (χ0v) is 11.6. The maximum Gasteiger partial charge on any atom is 0.0210 e. The normalized spacial score (nSPS) is 23.2. The Morgan fingerprint density at radius 2 is 2.00 bits per heavy atom. The Hall–Kier alpha value is -0.300. The van der Waals surface area contributed by atoms with Crippen LogP contribution in [0.2, 0.25) is 0 Å². The van der Waals surface area contributed by atoms with Crippen molar-refractivity contribution in [3.8, 4) is 0 Å². The van der Waals surface area contributed by atoms with Gasteiger partial charge in [-0.2, -0.15) is 0 Å². The van der Waals surface area contributed by atoms with E-state index in [-0.39, 0.29) is 0 Å². The lowest BCUT2D eigenvalue weighted by molar-refractivity contribution is 0.265. The van der Waals surface area contributed by atoms with Gasteiger partial charge < -0.3 is 0 Å². The molecule has 1 aromatic rings. The average molecular weight is 267 g/mol. The number of benzene rings is 1. The quantitative estimate of drug-likeness (QED) is 0.700. The molecule has 0 radical (unpaired) electrons. The topological polar surface area (TPSA) is 0 Å². The van der Waals surface area contributed by atoms with Gasteiger partial charge >= 0.3 is 0 Å². The summed E-state index contributed by atoms with van der Waals surface area (Å²) < 4.78 is 1.29. The zero-order chi connectivity index (χ0) is 11.2. The van der Waals surface area contributed by atoms with E-state index in [1.54, 1.807) is 0 Å². The van der Waals surface area contributed by atoms with E-state index in [1.807, 2.05) is 0 Å². The molecule has 0 saturated heterocycles. The number of rotatable bonds is 1. The van der Waals surface area contributed by atoms with Gasteiger partial charge in [0, 0.05) is 4.47 Å². The molecule has 0 aromatic heterocycles. The van der Waals surface area contributed by atoms with E-state index >= 15 is 0 Å². The third kappa shape index (κ3) is 1.65. The van der Waals surface area contributed by atoms with Crippen LogP contribution in [0.5, 0.6) is 0 Å². The molecule has 0 fully saturated rings. The second kappa shape index (κ2) is 3.62. The Morgan fingerprint density at radius 3 is 2.53 bits per heavy atom.